The average molecular weight is 688 g/mol. The van der Waals surface area contributed by atoms with Crippen molar-refractivity contribution in [1.29, 1.82) is 0 Å². The smallest absolute Gasteiger partial charge is 0.335 e. The maximum Gasteiger partial charge on any atom is 0.335 e. The number of rotatable bonds is 12. The largest absolute Gasteiger partial charge is 0.478 e. The van der Waals surface area contributed by atoms with Crippen LogP contribution in [0.15, 0.2) is 71.8 Å². The number of nitrogens with zero attached hydrogens (tertiary/aromatic N) is 4. The molecule has 1 fully saturated rings. The van der Waals surface area contributed by atoms with Crippen LogP contribution in [0.3, 0.4) is 0 Å². The summed E-state index contributed by atoms with van der Waals surface area (Å²) < 4.78 is 41.2. The maximum absolute atomic E-state index is 13.4. The van der Waals surface area contributed by atoms with Gasteiger partial charge in [-0.3, -0.25) is 0 Å². The lowest BCUT2D eigenvalue weighted by Gasteiger charge is -2.34. The second-order valence-electron chi connectivity index (χ2n) is 13.8. The molecule has 4 aromatic rings. The molecule has 0 aliphatic carbocycles. The van der Waals surface area contributed by atoms with Crippen LogP contribution in [0.4, 0.5) is 11.8 Å². The van der Waals surface area contributed by atoms with Gasteiger partial charge in [0.15, 0.2) is 0 Å². The van der Waals surface area contributed by atoms with Crippen LogP contribution in [0.5, 0.6) is 5.88 Å². The minimum absolute atomic E-state index is 0.0370. The monoisotopic (exact) mass is 687 g/mol. The Morgan fingerprint density at radius 2 is 1.73 bits per heavy atom. The van der Waals surface area contributed by atoms with Gasteiger partial charge in [0.2, 0.25) is 11.8 Å². The van der Waals surface area contributed by atoms with Crippen LogP contribution in [-0.4, -0.2) is 67.4 Å². The highest BCUT2D eigenvalue weighted by Crippen LogP contribution is 2.32. The van der Waals surface area contributed by atoms with Crippen LogP contribution in [0.2, 0.25) is 0 Å². The van der Waals surface area contributed by atoms with E-state index in [1.807, 2.05) is 45.3 Å². The number of benzene rings is 2. The van der Waals surface area contributed by atoms with Crippen molar-refractivity contribution in [2.24, 2.45) is 5.41 Å². The first-order valence-electron chi connectivity index (χ1n) is 16.4. The minimum atomic E-state index is -4.24. The number of likely N-dealkylation sites (N-methyl/N-ethyl adjacent to an activating group) is 1. The lowest BCUT2D eigenvalue weighted by molar-refractivity contribution is 0.0696. The predicted octanol–water partition coefficient (Wildman–Crippen LogP) is 6.87. The minimum Gasteiger partial charge on any atom is -0.478 e. The fourth-order valence-electron chi connectivity index (χ4n) is 6.13. The van der Waals surface area contributed by atoms with Gasteiger partial charge in [0.1, 0.15) is 12.4 Å². The van der Waals surface area contributed by atoms with Crippen molar-refractivity contribution in [2.45, 2.75) is 70.7 Å². The zero-order valence-corrected chi connectivity index (χ0v) is 29.8. The third kappa shape index (κ3) is 9.12. The van der Waals surface area contributed by atoms with E-state index in [2.05, 4.69) is 52.5 Å². The maximum atomic E-state index is 13.4. The Bertz CT molecular complexity index is 1870. The van der Waals surface area contributed by atoms with Gasteiger partial charge in [-0.2, -0.15) is 4.98 Å². The summed E-state index contributed by atoms with van der Waals surface area (Å²) in [6.45, 7) is 12.2. The summed E-state index contributed by atoms with van der Waals surface area (Å²) in [5.74, 6) is 0.0403. The van der Waals surface area contributed by atoms with Gasteiger partial charge in [0.25, 0.3) is 10.0 Å². The molecule has 0 saturated carbocycles. The Morgan fingerprint density at radius 3 is 2.37 bits per heavy atom. The van der Waals surface area contributed by atoms with E-state index in [0.29, 0.717) is 11.6 Å². The molecule has 1 saturated heterocycles. The normalized spacial score (nSPS) is 14.7. The Kier molecular flexibility index (Phi) is 10.9. The molecule has 5 rings (SSSR count). The molecule has 11 nitrogen and oxygen atoms in total. The van der Waals surface area contributed by atoms with Gasteiger partial charge in [0.05, 0.1) is 22.2 Å². The molecular formula is C37H45N5O6S. The standard InChI is InChI=1S/C37H45N5O6S/c1-24-9-7-10-25(2)34(24)31-20-33(40-36(39-31)41-49(45,46)30-12-8-11-27(19-30)35(43)44)48-23-29(21-37(3,4)5)42(6)32-14-13-28(22-38-32)26-15-17-47-18-16-26/h7-14,19-20,22,26,29H,15-18,21,23H2,1-6H3,(H,43,44)(H,39,40,41)/t29-/m1/s1. The first kappa shape index (κ1) is 35.7. The SMILES string of the molecule is Cc1cccc(C)c1-c1cc(OC[C@@H](CC(C)(C)C)N(C)c2ccc(C3CCOCC3)cn2)nc(NS(=O)(=O)c2cccc(C(=O)O)c2)n1. The summed E-state index contributed by atoms with van der Waals surface area (Å²) >= 11 is 0. The molecule has 1 aliphatic heterocycles. The van der Waals surface area contributed by atoms with Crippen molar-refractivity contribution in [1.82, 2.24) is 15.0 Å². The number of carboxylic acids is 1. The summed E-state index contributed by atoms with van der Waals surface area (Å²) in [6, 6.07) is 16.8. The van der Waals surface area contributed by atoms with Gasteiger partial charge in [-0.05, 0) is 85.4 Å². The molecule has 2 aromatic carbocycles. The van der Waals surface area contributed by atoms with Gasteiger partial charge in [-0.1, -0.05) is 51.1 Å². The quantitative estimate of drug-likeness (QED) is 0.162. The number of aryl methyl sites for hydroxylation is 2. The van der Waals surface area contributed by atoms with Crippen LogP contribution in [-0.2, 0) is 14.8 Å². The first-order chi connectivity index (χ1) is 23.2. The molecule has 0 radical (unpaired) electrons. The molecule has 1 atom stereocenters. The van der Waals surface area contributed by atoms with E-state index < -0.39 is 16.0 Å². The highest BCUT2D eigenvalue weighted by Gasteiger charge is 2.26. The van der Waals surface area contributed by atoms with Crippen molar-refractivity contribution >= 4 is 27.8 Å². The number of sulfonamides is 1. The molecule has 0 unspecified atom stereocenters. The van der Waals surface area contributed by atoms with Gasteiger partial charge in [-0.15, -0.1) is 0 Å². The summed E-state index contributed by atoms with van der Waals surface area (Å²) in [6.07, 6.45) is 4.73. The zero-order valence-electron chi connectivity index (χ0n) is 28.9. The van der Waals surface area contributed by atoms with Crippen LogP contribution >= 0.6 is 0 Å². The fraction of sp³-hybridized carbons (Fsp3) is 0.405. The average Bonchev–Trinajstić information content (AvgIpc) is 3.06. The van der Waals surface area contributed by atoms with Gasteiger partial charge in [-0.25, -0.2) is 27.9 Å². The summed E-state index contributed by atoms with van der Waals surface area (Å²) in [4.78, 5) is 27.3. The van der Waals surface area contributed by atoms with E-state index in [-0.39, 0.29) is 40.4 Å². The number of carboxylic acid groups (broad SMARTS) is 1. The van der Waals surface area contributed by atoms with E-state index in [1.165, 1.54) is 23.8 Å². The number of anilines is 2. The Morgan fingerprint density at radius 1 is 1.04 bits per heavy atom. The molecule has 0 spiro atoms. The highest BCUT2D eigenvalue weighted by molar-refractivity contribution is 7.92. The lowest BCUT2D eigenvalue weighted by Crippen LogP contribution is -2.40. The fourth-order valence-corrected chi connectivity index (χ4v) is 7.12. The topological polar surface area (TPSA) is 144 Å². The Balaban J connectivity index is 1.45. The molecule has 2 N–H and O–H groups in total. The van der Waals surface area contributed by atoms with Gasteiger partial charge < -0.3 is 19.5 Å². The third-order valence-electron chi connectivity index (χ3n) is 8.70. The van der Waals surface area contributed by atoms with Gasteiger partial charge >= 0.3 is 5.97 Å². The first-order valence-corrected chi connectivity index (χ1v) is 17.9. The van der Waals surface area contributed by atoms with Crippen molar-refractivity contribution < 1.29 is 27.8 Å². The lowest BCUT2D eigenvalue weighted by atomic mass is 9.87. The van der Waals surface area contributed by atoms with Gasteiger partial charge in [0, 0.05) is 38.1 Å². The molecule has 2 aromatic heterocycles. The molecule has 12 heteroatoms. The molecular weight excluding hydrogens is 643 g/mol. The van der Waals surface area contributed by atoms with Crippen molar-refractivity contribution in [3.8, 4) is 17.1 Å². The summed E-state index contributed by atoms with van der Waals surface area (Å²) in [7, 11) is -2.24. The molecule has 3 heterocycles. The third-order valence-corrected chi connectivity index (χ3v) is 10.0. The van der Waals surface area contributed by atoms with Crippen molar-refractivity contribution in [3.05, 3.63) is 89.1 Å². The van der Waals surface area contributed by atoms with E-state index in [4.69, 9.17) is 14.5 Å². The number of pyridine rings is 1. The number of carbonyl (C=O) groups is 1. The second-order valence-corrected chi connectivity index (χ2v) is 15.5. The number of aromatic nitrogens is 3. The van der Waals surface area contributed by atoms with Crippen molar-refractivity contribution in [2.75, 3.05) is 36.5 Å². The number of nitrogens with one attached hydrogen (secondary N) is 1. The molecule has 1 aliphatic rings. The summed E-state index contributed by atoms with van der Waals surface area (Å²) in [5, 5.41) is 9.40. The van der Waals surface area contributed by atoms with Crippen LogP contribution in [0, 0.1) is 19.3 Å². The molecule has 49 heavy (non-hydrogen) atoms. The Labute approximate surface area is 288 Å². The van der Waals surface area contributed by atoms with E-state index in [9.17, 15) is 18.3 Å². The molecule has 0 amide bonds. The molecule has 260 valence electrons. The van der Waals surface area contributed by atoms with E-state index >= 15 is 0 Å². The number of hydrogen-bond acceptors (Lipinski definition) is 9. The number of hydrogen-bond donors (Lipinski definition) is 2. The predicted molar refractivity (Wildman–Crippen MR) is 190 cm³/mol. The zero-order chi connectivity index (χ0) is 35.3. The van der Waals surface area contributed by atoms with Crippen LogP contribution < -0.4 is 14.4 Å². The second kappa shape index (κ2) is 14.9. The Hall–Kier alpha value is -4.55. The van der Waals surface area contributed by atoms with Crippen molar-refractivity contribution in [3.63, 3.8) is 0 Å². The van der Waals surface area contributed by atoms with E-state index in [1.54, 1.807) is 6.07 Å². The molecule has 0 bridgehead atoms. The van der Waals surface area contributed by atoms with Crippen LogP contribution in [0.25, 0.3) is 11.3 Å². The summed E-state index contributed by atoms with van der Waals surface area (Å²) in [5.41, 5.74) is 4.25. The number of ether oxygens (including phenoxy) is 2. The number of aromatic carboxylic acids is 1. The van der Waals surface area contributed by atoms with Crippen LogP contribution in [0.1, 0.15) is 73.0 Å². The van der Waals surface area contributed by atoms with E-state index in [0.717, 1.165) is 61.1 Å². The highest BCUT2D eigenvalue weighted by atomic mass is 32.2.